The van der Waals surface area contributed by atoms with Crippen molar-refractivity contribution in [2.45, 2.75) is 12.2 Å². The van der Waals surface area contributed by atoms with Gasteiger partial charge in [0.25, 0.3) is 0 Å². The summed E-state index contributed by atoms with van der Waals surface area (Å²) in [6.07, 6.45) is 0. The smallest absolute Gasteiger partial charge is 0.126 e. The van der Waals surface area contributed by atoms with Crippen molar-refractivity contribution in [2.75, 3.05) is 18.8 Å². The van der Waals surface area contributed by atoms with Crippen LogP contribution in [0.25, 0.3) is 0 Å². The van der Waals surface area contributed by atoms with Gasteiger partial charge in [-0.15, -0.1) is 0 Å². The van der Waals surface area contributed by atoms with E-state index in [0.717, 1.165) is 24.4 Å². The summed E-state index contributed by atoms with van der Waals surface area (Å²) in [7, 11) is 0. The van der Waals surface area contributed by atoms with E-state index >= 15 is 0 Å². The Balaban J connectivity index is 2.18. The van der Waals surface area contributed by atoms with Crippen molar-refractivity contribution < 1.29 is 4.39 Å². The third-order valence-corrected chi connectivity index (χ3v) is 3.76. The number of rotatable bonds is 1. The average molecular weight is 211 g/mol. The Morgan fingerprint density at radius 3 is 3.00 bits per heavy atom. The summed E-state index contributed by atoms with van der Waals surface area (Å²) in [6.45, 7) is 3.90. The molecule has 1 fully saturated rings. The number of hydrogen-bond donors (Lipinski definition) is 1. The molecule has 0 spiro atoms. The predicted octanol–water partition coefficient (Wildman–Crippen LogP) is 2.51. The molecule has 76 valence electrons. The first-order chi connectivity index (χ1) is 6.77. The van der Waals surface area contributed by atoms with Gasteiger partial charge in [0, 0.05) is 24.1 Å². The first kappa shape index (κ1) is 9.99. The van der Waals surface area contributed by atoms with Crippen LogP contribution in [0.2, 0.25) is 0 Å². The molecule has 1 aromatic carbocycles. The Kier molecular flexibility index (Phi) is 3.08. The minimum Gasteiger partial charge on any atom is -0.314 e. The second kappa shape index (κ2) is 4.32. The van der Waals surface area contributed by atoms with Crippen molar-refractivity contribution in [3.63, 3.8) is 0 Å². The van der Waals surface area contributed by atoms with Crippen molar-refractivity contribution in [1.29, 1.82) is 0 Å². The largest absolute Gasteiger partial charge is 0.314 e. The highest BCUT2D eigenvalue weighted by Gasteiger charge is 2.15. The third-order valence-electron chi connectivity index (χ3n) is 2.48. The molecule has 3 heteroatoms. The van der Waals surface area contributed by atoms with Crippen LogP contribution in [0.4, 0.5) is 4.39 Å². The van der Waals surface area contributed by atoms with Crippen LogP contribution in [-0.2, 0) is 0 Å². The van der Waals surface area contributed by atoms with Gasteiger partial charge in [0.1, 0.15) is 5.82 Å². The highest BCUT2D eigenvalue weighted by atomic mass is 32.2. The predicted molar refractivity (Wildman–Crippen MR) is 59.2 cm³/mol. The number of aryl methyl sites for hydroxylation is 1. The van der Waals surface area contributed by atoms with Crippen molar-refractivity contribution in [3.8, 4) is 0 Å². The zero-order chi connectivity index (χ0) is 9.97. The maximum absolute atomic E-state index is 13.0. The van der Waals surface area contributed by atoms with Crippen LogP contribution in [0.3, 0.4) is 0 Å². The van der Waals surface area contributed by atoms with Crippen molar-refractivity contribution >= 4 is 11.8 Å². The summed E-state index contributed by atoms with van der Waals surface area (Å²) in [5.41, 5.74) is 1.98. The maximum Gasteiger partial charge on any atom is 0.126 e. The summed E-state index contributed by atoms with van der Waals surface area (Å²) in [5, 5.41) is 3.84. The summed E-state index contributed by atoms with van der Waals surface area (Å²) >= 11 is 1.95. The van der Waals surface area contributed by atoms with E-state index in [1.54, 1.807) is 6.07 Å². The van der Waals surface area contributed by atoms with Gasteiger partial charge < -0.3 is 5.32 Å². The van der Waals surface area contributed by atoms with E-state index in [0.29, 0.717) is 5.25 Å². The first-order valence-electron chi connectivity index (χ1n) is 4.86. The lowest BCUT2D eigenvalue weighted by Crippen LogP contribution is -2.28. The zero-order valence-corrected chi connectivity index (χ0v) is 9.03. The maximum atomic E-state index is 13.0. The number of benzene rings is 1. The topological polar surface area (TPSA) is 12.0 Å². The van der Waals surface area contributed by atoms with E-state index in [1.165, 1.54) is 5.56 Å². The molecule has 1 nitrogen and oxygen atoms in total. The number of halogens is 1. The van der Waals surface area contributed by atoms with Gasteiger partial charge in [0.05, 0.1) is 0 Å². The summed E-state index contributed by atoms with van der Waals surface area (Å²) < 4.78 is 13.0. The molecule has 1 atom stereocenters. The van der Waals surface area contributed by atoms with E-state index in [1.807, 2.05) is 30.8 Å². The van der Waals surface area contributed by atoms with E-state index < -0.39 is 0 Å². The summed E-state index contributed by atoms with van der Waals surface area (Å²) in [4.78, 5) is 0. The van der Waals surface area contributed by atoms with E-state index in [-0.39, 0.29) is 5.82 Å². The fourth-order valence-electron chi connectivity index (χ4n) is 1.65. The van der Waals surface area contributed by atoms with Crippen molar-refractivity contribution in [2.24, 2.45) is 0 Å². The molecule has 2 rings (SSSR count). The molecular formula is C11H14FNS. The number of nitrogens with one attached hydrogen (secondary N) is 1. The van der Waals surface area contributed by atoms with Crippen molar-refractivity contribution in [3.05, 3.63) is 35.1 Å². The molecule has 1 aliphatic heterocycles. The van der Waals surface area contributed by atoms with Crippen LogP contribution in [0.15, 0.2) is 18.2 Å². The normalized spacial score (nSPS) is 22.3. The molecule has 14 heavy (non-hydrogen) atoms. The minimum atomic E-state index is -0.109. The molecule has 0 aliphatic carbocycles. The molecule has 0 amide bonds. The van der Waals surface area contributed by atoms with Gasteiger partial charge in [-0.05, 0) is 24.1 Å². The van der Waals surface area contributed by atoms with Gasteiger partial charge in [-0.3, -0.25) is 0 Å². The van der Waals surface area contributed by atoms with Crippen LogP contribution in [-0.4, -0.2) is 18.8 Å². The molecular weight excluding hydrogens is 197 g/mol. The average Bonchev–Trinajstić information content (AvgIpc) is 2.23. The highest BCUT2D eigenvalue weighted by Crippen LogP contribution is 2.30. The summed E-state index contributed by atoms with van der Waals surface area (Å²) in [6, 6.07) is 5.42. The van der Waals surface area contributed by atoms with Crippen LogP contribution < -0.4 is 5.32 Å². The lowest BCUT2D eigenvalue weighted by Gasteiger charge is -2.23. The molecule has 1 unspecified atom stereocenters. The Morgan fingerprint density at radius 1 is 1.50 bits per heavy atom. The molecule has 1 heterocycles. The number of thioether (sulfide) groups is 1. The van der Waals surface area contributed by atoms with Gasteiger partial charge in [-0.1, -0.05) is 12.1 Å². The Labute approximate surface area is 88.1 Å². The van der Waals surface area contributed by atoms with Gasteiger partial charge in [-0.2, -0.15) is 11.8 Å². The van der Waals surface area contributed by atoms with E-state index in [4.69, 9.17) is 0 Å². The molecule has 1 saturated heterocycles. The Hall–Kier alpha value is -0.540. The monoisotopic (exact) mass is 211 g/mol. The lowest BCUT2D eigenvalue weighted by atomic mass is 10.1. The molecule has 0 aromatic heterocycles. The standard InChI is InChI=1S/C11H14FNS/c1-8-6-9(2-3-10(8)12)11-7-13-4-5-14-11/h2-3,6,11,13H,4-5,7H2,1H3. The third kappa shape index (κ3) is 2.10. The van der Waals surface area contributed by atoms with E-state index in [9.17, 15) is 4.39 Å². The molecule has 1 aliphatic rings. The van der Waals surface area contributed by atoms with Gasteiger partial charge in [-0.25, -0.2) is 4.39 Å². The molecule has 1 aromatic rings. The first-order valence-corrected chi connectivity index (χ1v) is 5.90. The Morgan fingerprint density at radius 2 is 2.36 bits per heavy atom. The highest BCUT2D eigenvalue weighted by molar-refractivity contribution is 7.99. The zero-order valence-electron chi connectivity index (χ0n) is 8.22. The van der Waals surface area contributed by atoms with Crippen LogP contribution >= 0.6 is 11.8 Å². The van der Waals surface area contributed by atoms with Gasteiger partial charge in [0.15, 0.2) is 0 Å². The van der Waals surface area contributed by atoms with E-state index in [2.05, 4.69) is 5.32 Å². The second-order valence-electron chi connectivity index (χ2n) is 3.57. The SMILES string of the molecule is Cc1cc(C2CNCCS2)ccc1F. The second-order valence-corrected chi connectivity index (χ2v) is 4.88. The van der Waals surface area contributed by atoms with Crippen LogP contribution in [0, 0.1) is 12.7 Å². The molecule has 0 saturated carbocycles. The van der Waals surface area contributed by atoms with Crippen LogP contribution in [0.5, 0.6) is 0 Å². The van der Waals surface area contributed by atoms with Gasteiger partial charge in [0.2, 0.25) is 0 Å². The number of hydrogen-bond acceptors (Lipinski definition) is 2. The van der Waals surface area contributed by atoms with Crippen molar-refractivity contribution in [1.82, 2.24) is 5.32 Å². The fraction of sp³-hybridized carbons (Fsp3) is 0.455. The molecule has 0 radical (unpaired) electrons. The lowest BCUT2D eigenvalue weighted by molar-refractivity contribution is 0.616. The summed E-state index contributed by atoms with van der Waals surface area (Å²) in [5.74, 6) is 1.03. The molecule has 1 N–H and O–H groups in total. The van der Waals surface area contributed by atoms with Crippen LogP contribution in [0.1, 0.15) is 16.4 Å². The minimum absolute atomic E-state index is 0.109. The fourth-order valence-corrected chi connectivity index (χ4v) is 2.77. The quantitative estimate of drug-likeness (QED) is 0.766. The van der Waals surface area contributed by atoms with Gasteiger partial charge >= 0.3 is 0 Å². The Bertz CT molecular complexity index is 321. The molecule has 0 bridgehead atoms.